The van der Waals surface area contributed by atoms with Gasteiger partial charge in [-0.2, -0.15) is 0 Å². The molecular weight excluding hydrogens is 371 g/mol. The average Bonchev–Trinajstić information content (AvgIpc) is 2.71. The summed E-state index contributed by atoms with van der Waals surface area (Å²) in [5.41, 5.74) is 0.366. The molecule has 0 spiro atoms. The van der Waals surface area contributed by atoms with Gasteiger partial charge in [0.1, 0.15) is 29.1 Å². The van der Waals surface area contributed by atoms with Crippen LogP contribution in [0.1, 0.15) is 11.4 Å². The summed E-state index contributed by atoms with van der Waals surface area (Å²) in [6, 6.07) is 13.6. The summed E-state index contributed by atoms with van der Waals surface area (Å²) in [5.74, 6) is 1.87. The predicted molar refractivity (Wildman–Crippen MR) is 111 cm³/mol. The normalized spacial score (nSPS) is 10.7. The summed E-state index contributed by atoms with van der Waals surface area (Å²) in [7, 11) is 0. The number of aryl methyl sites for hydroxylation is 1. The first-order valence-corrected chi connectivity index (χ1v) is 9.08. The first kappa shape index (κ1) is 19.9. The van der Waals surface area contributed by atoms with Crippen LogP contribution < -0.4 is 16.0 Å². The monoisotopic (exact) mass is 392 g/mol. The molecule has 3 rings (SSSR count). The lowest BCUT2D eigenvalue weighted by Gasteiger charge is -2.10. The van der Waals surface area contributed by atoms with E-state index < -0.39 is 0 Å². The van der Waals surface area contributed by atoms with Gasteiger partial charge in [-0.15, -0.1) is 0 Å². The molecule has 1 aromatic carbocycles. The second-order valence-electron chi connectivity index (χ2n) is 6.10. The van der Waals surface area contributed by atoms with Gasteiger partial charge in [-0.3, -0.25) is 4.79 Å². The van der Waals surface area contributed by atoms with Gasteiger partial charge in [0.15, 0.2) is 0 Å². The number of pyridine rings is 1. The maximum absolute atomic E-state index is 13.5. The standard InChI is InChI=1S/C21H21FN6O/c1-15-26-19(14-20(27-15)28-18-8-4-5-11-23-18)24-12-13-25-21(29)10-9-16-6-2-3-7-17(16)22/h2-11,14H,12-13H2,1H3,(H,25,29)(H2,23,24,26,27,28)/b10-9+. The number of nitrogens with one attached hydrogen (secondary N) is 3. The van der Waals surface area contributed by atoms with Gasteiger partial charge in [0, 0.05) is 37.0 Å². The number of benzene rings is 1. The summed E-state index contributed by atoms with van der Waals surface area (Å²) in [4.78, 5) is 24.7. The van der Waals surface area contributed by atoms with E-state index in [4.69, 9.17) is 0 Å². The van der Waals surface area contributed by atoms with E-state index in [9.17, 15) is 9.18 Å². The first-order chi connectivity index (χ1) is 14.1. The number of halogens is 1. The molecule has 3 aromatic rings. The molecule has 8 heteroatoms. The van der Waals surface area contributed by atoms with Crippen molar-refractivity contribution in [1.82, 2.24) is 20.3 Å². The quantitative estimate of drug-likeness (QED) is 0.402. The molecule has 148 valence electrons. The lowest BCUT2D eigenvalue weighted by Crippen LogP contribution is -2.27. The molecule has 29 heavy (non-hydrogen) atoms. The zero-order valence-electron chi connectivity index (χ0n) is 15.9. The minimum atomic E-state index is -0.368. The van der Waals surface area contributed by atoms with Gasteiger partial charge in [0.25, 0.3) is 0 Å². The zero-order chi connectivity index (χ0) is 20.5. The van der Waals surface area contributed by atoms with Gasteiger partial charge >= 0.3 is 0 Å². The van der Waals surface area contributed by atoms with Gasteiger partial charge in [0.05, 0.1) is 0 Å². The van der Waals surface area contributed by atoms with Gasteiger partial charge in [-0.05, 0) is 31.2 Å². The van der Waals surface area contributed by atoms with Crippen molar-refractivity contribution in [3.8, 4) is 0 Å². The summed E-state index contributed by atoms with van der Waals surface area (Å²) in [5, 5.41) is 8.99. The molecule has 0 aliphatic carbocycles. The number of aromatic nitrogens is 3. The van der Waals surface area contributed by atoms with E-state index in [1.54, 1.807) is 37.4 Å². The highest BCUT2D eigenvalue weighted by Crippen LogP contribution is 2.15. The number of carbonyl (C=O) groups is 1. The zero-order valence-corrected chi connectivity index (χ0v) is 15.9. The molecule has 3 N–H and O–H groups in total. The number of anilines is 3. The largest absolute Gasteiger partial charge is 0.368 e. The molecule has 0 radical (unpaired) electrons. The van der Waals surface area contributed by atoms with Crippen molar-refractivity contribution in [3.05, 3.63) is 78.0 Å². The molecule has 0 atom stereocenters. The Morgan fingerprint density at radius 1 is 1.03 bits per heavy atom. The van der Waals surface area contributed by atoms with Crippen LogP contribution in [0.5, 0.6) is 0 Å². The van der Waals surface area contributed by atoms with E-state index in [1.165, 1.54) is 18.2 Å². The first-order valence-electron chi connectivity index (χ1n) is 9.08. The van der Waals surface area contributed by atoms with Crippen molar-refractivity contribution in [2.24, 2.45) is 0 Å². The molecule has 0 aliphatic rings. The van der Waals surface area contributed by atoms with Crippen LogP contribution in [0, 0.1) is 12.7 Å². The highest BCUT2D eigenvalue weighted by atomic mass is 19.1. The van der Waals surface area contributed by atoms with Crippen molar-refractivity contribution in [3.63, 3.8) is 0 Å². The third kappa shape index (κ3) is 6.39. The maximum Gasteiger partial charge on any atom is 0.244 e. The SMILES string of the molecule is Cc1nc(NCCNC(=O)/C=C/c2ccccc2F)cc(Nc2ccccn2)n1. The molecule has 0 saturated carbocycles. The highest BCUT2D eigenvalue weighted by Gasteiger charge is 2.03. The predicted octanol–water partition coefficient (Wildman–Crippen LogP) is 3.30. The summed E-state index contributed by atoms with van der Waals surface area (Å²) in [6.45, 7) is 2.65. The van der Waals surface area contributed by atoms with Crippen LogP contribution in [0.25, 0.3) is 6.08 Å². The molecule has 0 saturated heterocycles. The Morgan fingerprint density at radius 2 is 1.83 bits per heavy atom. The van der Waals surface area contributed by atoms with Gasteiger partial charge in [-0.25, -0.2) is 19.3 Å². The number of hydrogen-bond donors (Lipinski definition) is 3. The van der Waals surface area contributed by atoms with Crippen LogP contribution in [-0.4, -0.2) is 33.9 Å². The lowest BCUT2D eigenvalue weighted by molar-refractivity contribution is -0.116. The summed E-state index contributed by atoms with van der Waals surface area (Å²) >= 11 is 0. The third-order valence-electron chi connectivity index (χ3n) is 3.81. The number of hydrogen-bond acceptors (Lipinski definition) is 6. The fourth-order valence-corrected chi connectivity index (χ4v) is 2.50. The molecule has 2 aromatic heterocycles. The smallest absolute Gasteiger partial charge is 0.244 e. The van der Waals surface area contributed by atoms with Crippen LogP contribution in [0.4, 0.5) is 21.8 Å². The molecule has 0 unspecified atom stereocenters. The van der Waals surface area contributed by atoms with Gasteiger partial charge in [-0.1, -0.05) is 24.3 Å². The van der Waals surface area contributed by atoms with E-state index in [1.807, 2.05) is 18.2 Å². The van der Waals surface area contributed by atoms with Crippen molar-refractivity contribution in [2.75, 3.05) is 23.7 Å². The van der Waals surface area contributed by atoms with E-state index >= 15 is 0 Å². The number of rotatable bonds is 8. The van der Waals surface area contributed by atoms with Crippen LogP contribution in [0.15, 0.2) is 60.8 Å². The van der Waals surface area contributed by atoms with Crippen LogP contribution in [0.2, 0.25) is 0 Å². The molecule has 0 bridgehead atoms. The van der Waals surface area contributed by atoms with Crippen LogP contribution >= 0.6 is 0 Å². The molecule has 7 nitrogen and oxygen atoms in total. The van der Waals surface area contributed by atoms with E-state index in [2.05, 4.69) is 30.9 Å². The second-order valence-corrected chi connectivity index (χ2v) is 6.10. The number of nitrogens with zero attached hydrogens (tertiary/aromatic N) is 3. The highest BCUT2D eigenvalue weighted by molar-refractivity contribution is 5.91. The second kappa shape index (κ2) is 9.93. The Labute approximate surface area is 168 Å². The Hall–Kier alpha value is -3.81. The Kier molecular flexibility index (Phi) is 6.83. The van der Waals surface area contributed by atoms with E-state index in [-0.39, 0.29) is 11.7 Å². The third-order valence-corrected chi connectivity index (χ3v) is 3.81. The minimum Gasteiger partial charge on any atom is -0.368 e. The molecular formula is C21H21FN6O. The summed E-state index contributed by atoms with van der Waals surface area (Å²) in [6.07, 6.45) is 4.45. The van der Waals surface area contributed by atoms with Crippen LogP contribution in [-0.2, 0) is 4.79 Å². The molecule has 0 aliphatic heterocycles. The Bertz CT molecular complexity index is 993. The minimum absolute atomic E-state index is 0.300. The summed E-state index contributed by atoms with van der Waals surface area (Å²) < 4.78 is 13.5. The van der Waals surface area contributed by atoms with Crippen molar-refractivity contribution in [2.45, 2.75) is 6.92 Å². The molecule has 1 amide bonds. The fraction of sp³-hybridized carbons (Fsp3) is 0.143. The Balaban J connectivity index is 1.47. The maximum atomic E-state index is 13.5. The lowest BCUT2D eigenvalue weighted by atomic mass is 10.2. The van der Waals surface area contributed by atoms with Gasteiger partial charge < -0.3 is 16.0 Å². The van der Waals surface area contributed by atoms with Crippen LogP contribution in [0.3, 0.4) is 0 Å². The average molecular weight is 392 g/mol. The van der Waals surface area contributed by atoms with Crippen molar-refractivity contribution < 1.29 is 9.18 Å². The Morgan fingerprint density at radius 3 is 2.62 bits per heavy atom. The van der Waals surface area contributed by atoms with E-state index in [0.717, 1.165) is 0 Å². The number of carbonyl (C=O) groups excluding carboxylic acids is 1. The van der Waals surface area contributed by atoms with Crippen molar-refractivity contribution in [1.29, 1.82) is 0 Å². The van der Waals surface area contributed by atoms with Crippen molar-refractivity contribution >= 4 is 29.4 Å². The van der Waals surface area contributed by atoms with E-state index in [0.29, 0.717) is 41.9 Å². The topological polar surface area (TPSA) is 91.8 Å². The fourth-order valence-electron chi connectivity index (χ4n) is 2.50. The number of amides is 1. The molecule has 0 fully saturated rings. The molecule has 2 heterocycles. The van der Waals surface area contributed by atoms with Gasteiger partial charge in [0.2, 0.25) is 5.91 Å².